The Balaban J connectivity index is 2.61. The maximum absolute atomic E-state index is 12.1. The summed E-state index contributed by atoms with van der Waals surface area (Å²) in [4.78, 5) is 24.8. The van der Waals surface area contributed by atoms with Gasteiger partial charge in [-0.2, -0.15) is 0 Å². The highest BCUT2D eigenvalue weighted by Crippen LogP contribution is 2.23. The van der Waals surface area contributed by atoms with E-state index in [4.69, 9.17) is 5.73 Å². The molecule has 5 heteroatoms. The van der Waals surface area contributed by atoms with Gasteiger partial charge in [-0.05, 0) is 25.2 Å². The molecule has 104 valence electrons. The van der Waals surface area contributed by atoms with Crippen LogP contribution in [0.15, 0.2) is 0 Å². The van der Waals surface area contributed by atoms with Crippen molar-refractivity contribution in [1.82, 2.24) is 4.90 Å². The molecule has 1 aliphatic heterocycles. The number of rotatable bonds is 5. The molecule has 0 saturated carbocycles. The smallest absolute Gasteiger partial charge is 0.326 e. The van der Waals surface area contributed by atoms with Crippen LogP contribution >= 0.6 is 0 Å². The Morgan fingerprint density at radius 2 is 2.17 bits per heavy atom. The van der Waals surface area contributed by atoms with Crippen molar-refractivity contribution in [1.29, 1.82) is 0 Å². The highest BCUT2D eigenvalue weighted by molar-refractivity contribution is 5.84. The van der Waals surface area contributed by atoms with Crippen LogP contribution < -0.4 is 5.73 Å². The van der Waals surface area contributed by atoms with Gasteiger partial charge in [0.2, 0.25) is 5.91 Å². The molecule has 0 radical (unpaired) electrons. The molecular formula is C13H24N2O3. The molecule has 3 atom stereocenters. The second kappa shape index (κ2) is 6.73. The van der Waals surface area contributed by atoms with Gasteiger partial charge in [0.25, 0.3) is 0 Å². The fraction of sp³-hybridized carbons (Fsp3) is 0.846. The number of likely N-dealkylation sites (tertiary alicyclic amines) is 1. The van der Waals surface area contributed by atoms with Crippen LogP contribution in [0.5, 0.6) is 0 Å². The quantitative estimate of drug-likeness (QED) is 0.774. The molecule has 0 bridgehead atoms. The van der Waals surface area contributed by atoms with Crippen LogP contribution in [0.4, 0.5) is 0 Å². The second-order valence-corrected chi connectivity index (χ2v) is 5.32. The molecule has 1 rings (SSSR count). The van der Waals surface area contributed by atoms with Crippen molar-refractivity contribution in [2.24, 2.45) is 11.7 Å². The summed E-state index contributed by atoms with van der Waals surface area (Å²) in [6, 6.07) is -0.827. The fourth-order valence-electron chi connectivity index (χ4n) is 2.49. The van der Waals surface area contributed by atoms with Gasteiger partial charge >= 0.3 is 5.97 Å². The minimum Gasteiger partial charge on any atom is -0.480 e. The number of nitrogens with two attached hydrogens (primary N) is 1. The van der Waals surface area contributed by atoms with Crippen LogP contribution in [-0.4, -0.2) is 40.5 Å². The van der Waals surface area contributed by atoms with E-state index in [-0.39, 0.29) is 18.4 Å². The van der Waals surface area contributed by atoms with Crippen molar-refractivity contribution in [3.63, 3.8) is 0 Å². The third-order valence-electron chi connectivity index (χ3n) is 3.57. The number of carbonyl (C=O) groups is 2. The average Bonchev–Trinajstić information content (AvgIpc) is 2.28. The lowest BCUT2D eigenvalue weighted by Crippen LogP contribution is -2.50. The molecule has 1 aliphatic rings. The monoisotopic (exact) mass is 256 g/mol. The van der Waals surface area contributed by atoms with E-state index < -0.39 is 12.0 Å². The normalized spacial score (nSPS) is 25.8. The van der Waals surface area contributed by atoms with Crippen LogP contribution in [0, 0.1) is 5.92 Å². The lowest BCUT2D eigenvalue weighted by atomic mass is 9.92. The van der Waals surface area contributed by atoms with Crippen molar-refractivity contribution in [2.75, 3.05) is 6.54 Å². The highest BCUT2D eigenvalue weighted by atomic mass is 16.4. The Bertz CT molecular complexity index is 307. The predicted octanol–water partition coefficient (Wildman–Crippen LogP) is 1.22. The summed E-state index contributed by atoms with van der Waals surface area (Å²) in [7, 11) is 0. The fourth-order valence-corrected chi connectivity index (χ4v) is 2.49. The van der Waals surface area contributed by atoms with Crippen LogP contribution in [0.2, 0.25) is 0 Å². The van der Waals surface area contributed by atoms with Crippen LogP contribution in [0.3, 0.4) is 0 Å². The first-order chi connectivity index (χ1) is 8.45. The lowest BCUT2D eigenvalue weighted by molar-refractivity contribution is -0.153. The molecule has 0 aliphatic carbocycles. The zero-order valence-corrected chi connectivity index (χ0v) is 11.3. The number of carboxylic acid groups (broad SMARTS) is 1. The third kappa shape index (κ3) is 3.98. The zero-order chi connectivity index (χ0) is 13.7. The van der Waals surface area contributed by atoms with Gasteiger partial charge in [-0.15, -0.1) is 0 Å². The van der Waals surface area contributed by atoms with Gasteiger partial charge in [0.1, 0.15) is 6.04 Å². The standard InChI is InChI=1S/C13H24N2O3/c1-3-4-10(14)8-12(16)15-6-5-9(2)7-11(15)13(17)18/h9-11H,3-8,14H2,1-2H3,(H,17,18). The number of carboxylic acids is 1. The molecule has 3 unspecified atom stereocenters. The molecule has 0 aromatic rings. The van der Waals surface area contributed by atoms with Crippen LogP contribution in [-0.2, 0) is 9.59 Å². The van der Waals surface area contributed by atoms with E-state index in [1.165, 1.54) is 4.90 Å². The van der Waals surface area contributed by atoms with Crippen LogP contribution in [0.25, 0.3) is 0 Å². The van der Waals surface area contributed by atoms with Crippen molar-refractivity contribution in [3.8, 4) is 0 Å². The van der Waals surface area contributed by atoms with E-state index >= 15 is 0 Å². The summed E-state index contributed by atoms with van der Waals surface area (Å²) in [6.45, 7) is 4.59. The average molecular weight is 256 g/mol. The maximum Gasteiger partial charge on any atom is 0.326 e. The number of amides is 1. The van der Waals surface area contributed by atoms with Crippen molar-refractivity contribution in [2.45, 2.75) is 58.0 Å². The molecule has 1 heterocycles. The summed E-state index contributed by atoms with van der Waals surface area (Å²) < 4.78 is 0. The van der Waals surface area contributed by atoms with E-state index in [9.17, 15) is 14.7 Å². The number of aliphatic carboxylic acids is 1. The molecule has 1 saturated heterocycles. The predicted molar refractivity (Wildman–Crippen MR) is 69.0 cm³/mol. The number of hydrogen-bond acceptors (Lipinski definition) is 3. The largest absolute Gasteiger partial charge is 0.480 e. The Labute approximate surface area is 108 Å². The minimum atomic E-state index is -0.904. The summed E-state index contributed by atoms with van der Waals surface area (Å²) in [5.41, 5.74) is 5.85. The van der Waals surface area contributed by atoms with E-state index in [0.717, 1.165) is 19.3 Å². The molecule has 0 aromatic carbocycles. The molecule has 0 aromatic heterocycles. The van der Waals surface area contributed by atoms with Gasteiger partial charge in [0.05, 0.1) is 0 Å². The van der Waals surface area contributed by atoms with Gasteiger partial charge in [0.15, 0.2) is 0 Å². The number of nitrogens with zero attached hydrogens (tertiary/aromatic N) is 1. The van der Waals surface area contributed by atoms with Crippen molar-refractivity contribution >= 4 is 11.9 Å². The van der Waals surface area contributed by atoms with Crippen molar-refractivity contribution in [3.05, 3.63) is 0 Å². The van der Waals surface area contributed by atoms with Crippen molar-refractivity contribution < 1.29 is 14.7 Å². The molecule has 1 amide bonds. The van der Waals surface area contributed by atoms with Crippen LogP contribution in [0.1, 0.15) is 46.0 Å². The third-order valence-corrected chi connectivity index (χ3v) is 3.57. The molecular weight excluding hydrogens is 232 g/mol. The molecule has 5 nitrogen and oxygen atoms in total. The summed E-state index contributed by atoms with van der Waals surface area (Å²) in [6.07, 6.45) is 3.41. The Morgan fingerprint density at radius 1 is 1.50 bits per heavy atom. The van der Waals surface area contributed by atoms with Gasteiger partial charge < -0.3 is 15.7 Å². The SMILES string of the molecule is CCCC(N)CC(=O)N1CCC(C)CC1C(=O)O. The molecule has 1 fully saturated rings. The summed E-state index contributed by atoms with van der Waals surface area (Å²) in [5.74, 6) is -0.659. The molecule has 0 spiro atoms. The molecule has 18 heavy (non-hydrogen) atoms. The Hall–Kier alpha value is -1.10. The summed E-state index contributed by atoms with van der Waals surface area (Å²) >= 11 is 0. The summed E-state index contributed by atoms with van der Waals surface area (Å²) in [5, 5.41) is 9.19. The molecule has 3 N–H and O–H groups in total. The van der Waals surface area contributed by atoms with E-state index in [0.29, 0.717) is 18.9 Å². The Kier molecular flexibility index (Phi) is 5.59. The zero-order valence-electron chi connectivity index (χ0n) is 11.3. The highest BCUT2D eigenvalue weighted by Gasteiger charge is 2.34. The number of piperidine rings is 1. The first-order valence-corrected chi connectivity index (χ1v) is 6.73. The van der Waals surface area contributed by atoms with Gasteiger partial charge in [-0.3, -0.25) is 4.79 Å². The van der Waals surface area contributed by atoms with Gasteiger partial charge in [-0.1, -0.05) is 20.3 Å². The number of hydrogen-bond donors (Lipinski definition) is 2. The minimum absolute atomic E-state index is 0.116. The van der Waals surface area contributed by atoms with E-state index in [1.807, 2.05) is 13.8 Å². The topological polar surface area (TPSA) is 83.6 Å². The lowest BCUT2D eigenvalue weighted by Gasteiger charge is -2.36. The van der Waals surface area contributed by atoms with E-state index in [1.54, 1.807) is 0 Å². The van der Waals surface area contributed by atoms with Gasteiger partial charge in [-0.25, -0.2) is 4.79 Å². The number of carbonyl (C=O) groups excluding carboxylic acids is 1. The first kappa shape index (κ1) is 15.0. The van der Waals surface area contributed by atoms with Gasteiger partial charge in [0, 0.05) is 19.0 Å². The van der Waals surface area contributed by atoms with E-state index in [2.05, 4.69) is 0 Å². The maximum atomic E-state index is 12.1. The first-order valence-electron chi connectivity index (χ1n) is 6.73. The second-order valence-electron chi connectivity index (χ2n) is 5.32. The Morgan fingerprint density at radius 3 is 2.72 bits per heavy atom.